The molecule has 0 heterocycles. The molecule has 182 valence electrons. The molecule has 31 heavy (non-hydrogen) atoms. The van der Waals surface area contributed by atoms with Crippen LogP contribution >= 0.6 is 0 Å². The van der Waals surface area contributed by atoms with Crippen molar-refractivity contribution in [1.29, 1.82) is 0 Å². The van der Waals surface area contributed by atoms with Crippen LogP contribution in [0, 0.1) is 0 Å². The zero-order valence-electron chi connectivity index (χ0n) is 21.0. The standard InChI is InChI=1S/C19H42O8Si4/c1-12-13-17(15(2)18(22)24-19(23)16(21)14-20)31(25-28(3,4)5,26-29(6,7)8)27-30(9,10)11/h16,20-21H,12-14H2,1-11H3/b17-15+. The number of carbonyl (C=O) groups is 2. The third-order valence-corrected chi connectivity index (χ3v) is 15.5. The Morgan fingerprint density at radius 2 is 1.23 bits per heavy atom. The molecule has 0 aromatic heterocycles. The second-order valence-corrected chi connectivity index (χ2v) is 27.3. The van der Waals surface area contributed by atoms with E-state index in [1.54, 1.807) is 6.92 Å². The highest BCUT2D eigenvalue weighted by Gasteiger charge is 2.54. The summed E-state index contributed by atoms with van der Waals surface area (Å²) in [6, 6.07) is 0. The van der Waals surface area contributed by atoms with Crippen molar-refractivity contribution >= 4 is 45.7 Å². The second kappa shape index (κ2) is 11.6. The van der Waals surface area contributed by atoms with Crippen LogP contribution in [-0.2, 0) is 26.7 Å². The van der Waals surface area contributed by atoms with Crippen molar-refractivity contribution < 1.29 is 36.9 Å². The lowest BCUT2D eigenvalue weighted by atomic mass is 10.2. The summed E-state index contributed by atoms with van der Waals surface area (Å²) >= 11 is 0. The molecule has 0 aliphatic carbocycles. The van der Waals surface area contributed by atoms with Crippen LogP contribution in [-0.4, -0.2) is 68.6 Å². The third-order valence-electron chi connectivity index (χ3n) is 3.59. The molecule has 0 aliphatic heterocycles. The molecule has 0 amide bonds. The molecule has 0 aromatic rings. The monoisotopic (exact) mass is 510 g/mol. The normalized spacial score (nSPS) is 15.4. The van der Waals surface area contributed by atoms with Gasteiger partial charge in [-0.2, -0.15) is 0 Å². The van der Waals surface area contributed by atoms with Crippen molar-refractivity contribution in [3.8, 4) is 0 Å². The molecule has 0 aromatic carbocycles. The number of aliphatic hydroxyl groups is 2. The smallest absolute Gasteiger partial charge is 0.414 e. The third kappa shape index (κ3) is 11.3. The van der Waals surface area contributed by atoms with Gasteiger partial charge in [0.15, 0.2) is 31.1 Å². The molecule has 12 heteroatoms. The molecule has 1 unspecified atom stereocenters. The van der Waals surface area contributed by atoms with E-state index in [4.69, 9.17) is 22.2 Å². The number of hydrogen-bond acceptors (Lipinski definition) is 8. The summed E-state index contributed by atoms with van der Waals surface area (Å²) in [5.41, 5.74) is 0.196. The molecule has 0 bridgehead atoms. The molecule has 2 N–H and O–H groups in total. The fraction of sp³-hybridized carbons (Fsp3) is 0.789. The van der Waals surface area contributed by atoms with Crippen LogP contribution in [0.15, 0.2) is 10.8 Å². The molecule has 0 radical (unpaired) electrons. The van der Waals surface area contributed by atoms with Crippen molar-refractivity contribution in [3.63, 3.8) is 0 Å². The van der Waals surface area contributed by atoms with Gasteiger partial charge < -0.3 is 27.3 Å². The Bertz CT molecular complexity index is 618. The fourth-order valence-corrected chi connectivity index (χ4v) is 16.6. The first kappa shape index (κ1) is 30.5. The lowest BCUT2D eigenvalue weighted by molar-refractivity contribution is -0.164. The maximum Gasteiger partial charge on any atom is 0.502 e. The van der Waals surface area contributed by atoms with Gasteiger partial charge in [0.2, 0.25) is 0 Å². The summed E-state index contributed by atoms with van der Waals surface area (Å²) < 4.78 is 24.9. The van der Waals surface area contributed by atoms with Crippen molar-refractivity contribution in [1.82, 2.24) is 0 Å². The predicted octanol–water partition coefficient (Wildman–Crippen LogP) is 3.56. The van der Waals surface area contributed by atoms with Crippen molar-refractivity contribution in [3.05, 3.63) is 10.8 Å². The maximum atomic E-state index is 12.8. The molecule has 0 saturated heterocycles. The molecule has 0 aliphatic rings. The first-order chi connectivity index (χ1) is 13.8. The van der Waals surface area contributed by atoms with Gasteiger partial charge in [-0.25, -0.2) is 9.59 Å². The average Bonchev–Trinajstić information content (AvgIpc) is 2.53. The van der Waals surface area contributed by atoms with Crippen LogP contribution in [0.25, 0.3) is 0 Å². The highest BCUT2D eigenvalue weighted by molar-refractivity contribution is 6.93. The summed E-state index contributed by atoms with van der Waals surface area (Å²) in [6.07, 6.45) is -0.576. The molecule has 0 fully saturated rings. The Labute approximate surface area is 191 Å². The molecular formula is C19H42O8Si4. The van der Waals surface area contributed by atoms with Gasteiger partial charge in [0.1, 0.15) is 0 Å². The summed E-state index contributed by atoms with van der Waals surface area (Å²) in [6.45, 7) is 21.2. The largest absolute Gasteiger partial charge is 0.502 e. The van der Waals surface area contributed by atoms with Gasteiger partial charge in [0, 0.05) is 10.8 Å². The van der Waals surface area contributed by atoms with Crippen LogP contribution in [0.4, 0.5) is 0 Å². The van der Waals surface area contributed by atoms with Gasteiger partial charge in [-0.1, -0.05) is 13.3 Å². The van der Waals surface area contributed by atoms with Crippen molar-refractivity contribution in [2.75, 3.05) is 6.61 Å². The summed E-state index contributed by atoms with van der Waals surface area (Å²) in [4.78, 5) is 24.7. The van der Waals surface area contributed by atoms with Crippen molar-refractivity contribution in [2.24, 2.45) is 0 Å². The highest BCUT2D eigenvalue weighted by atomic mass is 28.5. The summed E-state index contributed by atoms with van der Waals surface area (Å²) in [5, 5.41) is 19.0. The maximum absolute atomic E-state index is 12.8. The molecule has 8 nitrogen and oxygen atoms in total. The summed E-state index contributed by atoms with van der Waals surface area (Å²) in [5.74, 6) is -2.09. The molecule has 0 saturated carbocycles. The lowest BCUT2D eigenvalue weighted by Crippen LogP contribution is -2.62. The van der Waals surface area contributed by atoms with Crippen LogP contribution in [0.1, 0.15) is 26.7 Å². The first-order valence-corrected chi connectivity index (χ1v) is 22.6. The zero-order valence-corrected chi connectivity index (χ0v) is 25.0. The number of hydrogen-bond donors (Lipinski definition) is 2. The van der Waals surface area contributed by atoms with E-state index in [0.717, 1.165) is 0 Å². The number of allylic oxidation sites excluding steroid dienone is 1. The zero-order chi connectivity index (χ0) is 24.8. The minimum atomic E-state index is -3.52. The predicted molar refractivity (Wildman–Crippen MR) is 131 cm³/mol. The average molecular weight is 511 g/mol. The number of ether oxygens (including phenoxy) is 1. The van der Waals surface area contributed by atoms with Gasteiger partial charge in [0.05, 0.1) is 6.61 Å². The van der Waals surface area contributed by atoms with Crippen LogP contribution in [0.2, 0.25) is 58.9 Å². The van der Waals surface area contributed by atoms with Crippen LogP contribution in [0.3, 0.4) is 0 Å². The van der Waals surface area contributed by atoms with Crippen LogP contribution < -0.4 is 0 Å². The Hall–Kier alpha value is -0.452. The SMILES string of the molecule is CCC/C(=C(/C)C(=O)OC(=O)C(O)CO)[Si](O[Si](C)(C)C)(O[Si](C)(C)C)O[Si](C)(C)C. The minimum Gasteiger partial charge on any atom is -0.414 e. The minimum absolute atomic E-state index is 0.196. The second-order valence-electron chi connectivity index (χ2n) is 10.5. The number of aliphatic hydroxyl groups excluding tert-OH is 2. The Morgan fingerprint density at radius 1 is 0.839 bits per heavy atom. The van der Waals surface area contributed by atoms with E-state index >= 15 is 0 Å². The van der Waals surface area contributed by atoms with Crippen LogP contribution in [0.5, 0.6) is 0 Å². The van der Waals surface area contributed by atoms with E-state index in [-0.39, 0.29) is 5.57 Å². The van der Waals surface area contributed by atoms with Gasteiger partial charge in [-0.3, -0.25) is 0 Å². The fourth-order valence-electron chi connectivity index (χ4n) is 2.71. The molecule has 1 atom stereocenters. The molecule has 0 rings (SSSR count). The number of esters is 2. The number of rotatable bonds is 12. The van der Waals surface area contributed by atoms with Gasteiger partial charge in [-0.15, -0.1) is 0 Å². The van der Waals surface area contributed by atoms with E-state index in [0.29, 0.717) is 18.0 Å². The Balaban J connectivity index is 6.76. The Kier molecular flexibility index (Phi) is 11.4. The van der Waals surface area contributed by atoms with Gasteiger partial charge in [0.25, 0.3) is 0 Å². The molecule has 0 spiro atoms. The Morgan fingerprint density at radius 3 is 1.52 bits per heavy atom. The van der Waals surface area contributed by atoms with E-state index in [9.17, 15) is 14.7 Å². The topological polar surface area (TPSA) is 112 Å². The van der Waals surface area contributed by atoms with E-state index < -0.39 is 58.4 Å². The quantitative estimate of drug-likeness (QED) is 0.177. The van der Waals surface area contributed by atoms with Crippen molar-refractivity contribution in [2.45, 2.75) is 91.7 Å². The molecular weight excluding hydrogens is 469 g/mol. The number of carbonyl (C=O) groups excluding carboxylic acids is 2. The van der Waals surface area contributed by atoms with E-state index in [1.165, 1.54) is 0 Å². The van der Waals surface area contributed by atoms with Gasteiger partial charge >= 0.3 is 20.7 Å². The highest BCUT2D eigenvalue weighted by Crippen LogP contribution is 2.35. The summed E-state index contributed by atoms with van der Waals surface area (Å²) in [7, 11) is -10.1. The lowest BCUT2D eigenvalue weighted by Gasteiger charge is -2.44. The van der Waals surface area contributed by atoms with E-state index in [2.05, 4.69) is 0 Å². The van der Waals surface area contributed by atoms with Gasteiger partial charge in [-0.05, 0) is 72.3 Å². The first-order valence-electron chi connectivity index (χ1n) is 10.6. The van der Waals surface area contributed by atoms with E-state index in [1.807, 2.05) is 65.8 Å².